The Kier molecular flexibility index (Phi) is 6.88. The van der Waals surface area contributed by atoms with E-state index in [0.29, 0.717) is 31.4 Å². The summed E-state index contributed by atoms with van der Waals surface area (Å²) in [5.74, 6) is -1.20. The summed E-state index contributed by atoms with van der Waals surface area (Å²) in [5, 5.41) is 11.1. The molecule has 4 nitrogen and oxygen atoms in total. The van der Waals surface area contributed by atoms with Gasteiger partial charge in [0.05, 0.1) is 12.0 Å². The van der Waals surface area contributed by atoms with Crippen LogP contribution in [0.25, 0.3) is 0 Å². The van der Waals surface area contributed by atoms with Gasteiger partial charge in [-0.2, -0.15) is 13.2 Å². The van der Waals surface area contributed by atoms with E-state index in [2.05, 4.69) is 5.32 Å². The van der Waals surface area contributed by atoms with Gasteiger partial charge in [-0.25, -0.2) is 0 Å². The van der Waals surface area contributed by atoms with E-state index in [9.17, 15) is 22.8 Å². The fourth-order valence-electron chi connectivity index (χ4n) is 1.91. The van der Waals surface area contributed by atoms with Crippen molar-refractivity contribution in [3.05, 3.63) is 35.4 Å². The van der Waals surface area contributed by atoms with Crippen molar-refractivity contribution < 1.29 is 27.9 Å². The molecule has 1 aromatic carbocycles. The molecule has 1 rings (SSSR count). The second kappa shape index (κ2) is 8.41. The molecule has 0 unspecified atom stereocenters. The smallest absolute Gasteiger partial charge is 0.416 e. The van der Waals surface area contributed by atoms with Gasteiger partial charge in [0.15, 0.2) is 0 Å². The first-order valence-corrected chi connectivity index (χ1v) is 6.93. The third-order valence-corrected chi connectivity index (χ3v) is 3.01. The van der Waals surface area contributed by atoms with Crippen LogP contribution >= 0.6 is 0 Å². The molecule has 0 aliphatic heterocycles. The number of carboxylic acids is 1. The monoisotopic (exact) mass is 317 g/mol. The lowest BCUT2D eigenvalue weighted by molar-refractivity contribution is -0.138. The van der Waals surface area contributed by atoms with Crippen LogP contribution in [0.4, 0.5) is 13.2 Å². The third-order valence-electron chi connectivity index (χ3n) is 3.01. The van der Waals surface area contributed by atoms with E-state index in [4.69, 9.17) is 5.11 Å². The zero-order valence-corrected chi connectivity index (χ0v) is 11.9. The summed E-state index contributed by atoms with van der Waals surface area (Å²) >= 11 is 0. The van der Waals surface area contributed by atoms with E-state index < -0.39 is 17.7 Å². The highest BCUT2D eigenvalue weighted by Gasteiger charge is 2.30. The fraction of sp³-hybridized carbons (Fsp3) is 0.467. The summed E-state index contributed by atoms with van der Waals surface area (Å²) in [5.41, 5.74) is -0.468. The number of carbonyl (C=O) groups excluding carboxylic acids is 1. The molecule has 22 heavy (non-hydrogen) atoms. The molecule has 1 amide bonds. The number of aliphatic carboxylic acids is 1. The number of alkyl halides is 3. The first-order valence-electron chi connectivity index (χ1n) is 6.93. The Morgan fingerprint density at radius 2 is 1.86 bits per heavy atom. The van der Waals surface area contributed by atoms with Crippen molar-refractivity contribution in [1.29, 1.82) is 0 Å². The van der Waals surface area contributed by atoms with Crippen LogP contribution in [0.15, 0.2) is 24.3 Å². The van der Waals surface area contributed by atoms with E-state index >= 15 is 0 Å². The van der Waals surface area contributed by atoms with Crippen LogP contribution in [0.3, 0.4) is 0 Å². The van der Waals surface area contributed by atoms with Crippen LogP contribution in [0, 0.1) is 0 Å². The highest BCUT2D eigenvalue weighted by Crippen LogP contribution is 2.29. The van der Waals surface area contributed by atoms with Crippen molar-refractivity contribution >= 4 is 11.9 Å². The highest BCUT2D eigenvalue weighted by molar-refractivity contribution is 5.78. The van der Waals surface area contributed by atoms with Crippen LogP contribution < -0.4 is 5.32 Å². The van der Waals surface area contributed by atoms with Crippen LogP contribution in [0.2, 0.25) is 0 Å². The van der Waals surface area contributed by atoms with Crippen molar-refractivity contribution in [3.8, 4) is 0 Å². The maximum atomic E-state index is 12.5. The SMILES string of the molecule is O=C(O)CCCCCNC(=O)Cc1cccc(C(F)(F)F)c1. The van der Waals surface area contributed by atoms with E-state index in [1.807, 2.05) is 0 Å². The predicted octanol–water partition coefficient (Wildman–Crippen LogP) is 3.01. The molecule has 0 aliphatic carbocycles. The van der Waals surface area contributed by atoms with Gasteiger partial charge in [0, 0.05) is 13.0 Å². The average molecular weight is 317 g/mol. The zero-order valence-electron chi connectivity index (χ0n) is 11.9. The predicted molar refractivity (Wildman–Crippen MR) is 74.3 cm³/mol. The maximum Gasteiger partial charge on any atom is 0.416 e. The minimum absolute atomic E-state index is 0.0954. The number of carboxylic acid groups (broad SMARTS) is 1. The number of amides is 1. The number of rotatable bonds is 8. The molecule has 7 heteroatoms. The van der Waals surface area contributed by atoms with Gasteiger partial charge in [-0.15, -0.1) is 0 Å². The van der Waals surface area contributed by atoms with Crippen molar-refractivity contribution in [2.24, 2.45) is 0 Å². The van der Waals surface area contributed by atoms with E-state index in [1.54, 1.807) is 0 Å². The molecule has 0 aromatic heterocycles. The number of unbranched alkanes of at least 4 members (excludes halogenated alkanes) is 2. The van der Waals surface area contributed by atoms with Gasteiger partial charge in [0.1, 0.15) is 0 Å². The molecule has 0 saturated heterocycles. The molecular weight excluding hydrogens is 299 g/mol. The molecule has 0 saturated carbocycles. The summed E-state index contributed by atoms with van der Waals surface area (Å²) in [6, 6.07) is 4.68. The molecular formula is C15H18F3NO3. The van der Waals surface area contributed by atoms with Gasteiger partial charge in [-0.1, -0.05) is 24.6 Å². The van der Waals surface area contributed by atoms with E-state index in [1.165, 1.54) is 12.1 Å². The maximum absolute atomic E-state index is 12.5. The molecule has 0 heterocycles. The quantitative estimate of drug-likeness (QED) is 0.724. The third kappa shape index (κ3) is 7.10. The number of carbonyl (C=O) groups is 2. The topological polar surface area (TPSA) is 66.4 Å². The van der Waals surface area contributed by atoms with Crippen LogP contribution in [-0.4, -0.2) is 23.5 Å². The summed E-state index contributed by atoms with van der Waals surface area (Å²) in [4.78, 5) is 21.9. The molecule has 1 aromatic rings. The number of benzene rings is 1. The molecule has 0 radical (unpaired) electrons. The number of nitrogens with one attached hydrogen (secondary N) is 1. The van der Waals surface area contributed by atoms with Gasteiger partial charge in [0.2, 0.25) is 5.91 Å². The lowest BCUT2D eigenvalue weighted by Crippen LogP contribution is -2.26. The zero-order chi connectivity index (χ0) is 16.6. The molecule has 0 spiro atoms. The second-order valence-corrected chi connectivity index (χ2v) is 4.93. The molecule has 0 aliphatic rings. The van der Waals surface area contributed by atoms with Gasteiger partial charge in [-0.05, 0) is 24.5 Å². The second-order valence-electron chi connectivity index (χ2n) is 4.93. The number of hydrogen-bond donors (Lipinski definition) is 2. The lowest BCUT2D eigenvalue weighted by Gasteiger charge is -2.09. The fourth-order valence-corrected chi connectivity index (χ4v) is 1.91. The van der Waals surface area contributed by atoms with E-state index in [0.717, 1.165) is 12.1 Å². The van der Waals surface area contributed by atoms with Gasteiger partial charge >= 0.3 is 12.1 Å². The highest BCUT2D eigenvalue weighted by atomic mass is 19.4. The van der Waals surface area contributed by atoms with Gasteiger partial charge in [0.25, 0.3) is 0 Å². The minimum atomic E-state index is -4.42. The largest absolute Gasteiger partial charge is 0.481 e. The molecule has 0 bridgehead atoms. The Bertz CT molecular complexity index is 515. The molecule has 2 N–H and O–H groups in total. The minimum Gasteiger partial charge on any atom is -0.481 e. The normalized spacial score (nSPS) is 11.2. The van der Waals surface area contributed by atoms with Crippen molar-refractivity contribution in [2.45, 2.75) is 38.3 Å². The average Bonchev–Trinajstić information content (AvgIpc) is 2.41. The Hall–Kier alpha value is -2.05. The summed E-state index contributed by atoms with van der Waals surface area (Å²) in [6.45, 7) is 0.386. The molecule has 0 atom stereocenters. The standard InChI is InChI=1S/C15H18F3NO3/c16-15(17,18)12-6-4-5-11(9-12)10-13(20)19-8-3-1-2-7-14(21)22/h4-6,9H,1-3,7-8,10H2,(H,19,20)(H,21,22). The van der Waals surface area contributed by atoms with Gasteiger partial charge < -0.3 is 10.4 Å². The summed E-state index contributed by atoms with van der Waals surface area (Å²) < 4.78 is 37.6. The summed E-state index contributed by atoms with van der Waals surface area (Å²) in [6.07, 6.45) is -2.58. The van der Waals surface area contributed by atoms with Crippen molar-refractivity contribution in [3.63, 3.8) is 0 Å². The van der Waals surface area contributed by atoms with Crippen LogP contribution in [0.1, 0.15) is 36.8 Å². The Labute approximate surface area is 126 Å². The van der Waals surface area contributed by atoms with E-state index in [-0.39, 0.29) is 18.7 Å². The van der Waals surface area contributed by atoms with Gasteiger partial charge in [-0.3, -0.25) is 9.59 Å². The Balaban J connectivity index is 2.32. The first-order chi connectivity index (χ1) is 10.3. The lowest BCUT2D eigenvalue weighted by atomic mass is 10.1. The summed E-state index contributed by atoms with van der Waals surface area (Å²) in [7, 11) is 0. The van der Waals surface area contributed by atoms with Crippen LogP contribution in [-0.2, 0) is 22.2 Å². The van der Waals surface area contributed by atoms with Crippen molar-refractivity contribution in [1.82, 2.24) is 5.32 Å². The molecule has 0 fully saturated rings. The molecule has 122 valence electrons. The number of halogens is 3. The Morgan fingerprint density at radius 1 is 1.14 bits per heavy atom. The van der Waals surface area contributed by atoms with Crippen molar-refractivity contribution in [2.75, 3.05) is 6.54 Å². The first kappa shape index (κ1) is 18.0. The number of hydrogen-bond acceptors (Lipinski definition) is 2. The van der Waals surface area contributed by atoms with Crippen LogP contribution in [0.5, 0.6) is 0 Å². The Morgan fingerprint density at radius 3 is 2.50 bits per heavy atom.